The molecule has 3 saturated carbocycles. The molecular formula is C35H52F2N2O4. The molecule has 1 amide bonds. The number of hydrogen-bond acceptors (Lipinski definition) is 4. The van der Waals surface area contributed by atoms with Crippen molar-refractivity contribution >= 4 is 12.4 Å². The number of carbonyl (C=O) groups excluding carboxylic acids is 1. The van der Waals surface area contributed by atoms with Gasteiger partial charge in [0.1, 0.15) is 17.7 Å². The van der Waals surface area contributed by atoms with E-state index in [0.717, 1.165) is 48.8 Å². The van der Waals surface area contributed by atoms with Gasteiger partial charge in [0.25, 0.3) is 0 Å². The number of alkyl halides is 1. The highest BCUT2D eigenvalue weighted by atomic mass is 19.1. The van der Waals surface area contributed by atoms with Gasteiger partial charge < -0.3 is 20.5 Å². The number of hydrogen-bond donors (Lipinski definition) is 3. The molecule has 2 aromatic rings. The number of rotatable bonds is 7. The first-order chi connectivity index (χ1) is 20.8. The fraction of sp³-hybridized carbons (Fsp3) is 0.600. The van der Waals surface area contributed by atoms with Gasteiger partial charge in [0.15, 0.2) is 0 Å². The van der Waals surface area contributed by atoms with Crippen molar-refractivity contribution in [3.63, 3.8) is 0 Å². The lowest BCUT2D eigenvalue weighted by atomic mass is 9.76. The maximum Gasteiger partial charge on any atom is 0.307 e. The third-order valence-electron chi connectivity index (χ3n) is 8.51. The molecule has 4 aliphatic rings. The zero-order chi connectivity index (χ0) is 31.8. The number of carbonyl (C=O) groups is 2. The van der Waals surface area contributed by atoms with Crippen LogP contribution in [0, 0.1) is 5.82 Å². The van der Waals surface area contributed by atoms with Crippen LogP contribution in [0.15, 0.2) is 36.4 Å². The Bertz CT molecular complexity index is 1130. The molecule has 0 bridgehead atoms. The summed E-state index contributed by atoms with van der Waals surface area (Å²) in [5.41, 5.74) is 3.23. The van der Waals surface area contributed by atoms with Gasteiger partial charge in [0.05, 0.1) is 13.5 Å². The normalized spacial score (nSPS) is 19.5. The number of ether oxygens (including phenoxy) is 1. The first kappa shape index (κ1) is 36.2. The summed E-state index contributed by atoms with van der Waals surface area (Å²) in [5.74, 6) is -0.221. The molecule has 6 rings (SSSR count). The standard InChI is InChI=1S/C19H19FO3.C7H12FN.C5H9NO.2C2H6/c1-23-17-9-8-12(11-18(21)22)10-15(17)14-6-3-7-16(20)19(14)13-4-2-5-13;8-6-4-7(9-5-6)2-1-3-7;7-4-6-5-2-1-3-5;2*1-2/h3,6-10,13H,2,4-5,11H2,1H3,(H,21,22);6,9H,1-5H2;4-5H,1-3H2,(H,6,7);2*1-2H3. The molecular weight excluding hydrogens is 550 g/mol. The van der Waals surface area contributed by atoms with E-state index >= 15 is 0 Å². The van der Waals surface area contributed by atoms with Crippen LogP contribution in [0.4, 0.5) is 8.78 Å². The molecule has 1 heterocycles. The molecule has 1 atom stereocenters. The number of carboxylic acid groups (broad SMARTS) is 1. The molecule has 43 heavy (non-hydrogen) atoms. The van der Waals surface area contributed by atoms with Crippen LogP contribution in [0.2, 0.25) is 0 Å². The van der Waals surface area contributed by atoms with Gasteiger partial charge in [-0.15, -0.1) is 0 Å². The van der Waals surface area contributed by atoms with Gasteiger partial charge in [-0.3, -0.25) is 9.59 Å². The van der Waals surface area contributed by atoms with Crippen LogP contribution in [0.25, 0.3) is 11.1 Å². The zero-order valence-electron chi connectivity index (χ0n) is 26.7. The highest BCUT2D eigenvalue weighted by Crippen LogP contribution is 2.44. The summed E-state index contributed by atoms with van der Waals surface area (Å²) in [7, 11) is 1.57. The second-order valence-electron chi connectivity index (χ2n) is 11.2. The SMILES string of the molecule is CC.CC.COc1ccc(CC(=O)O)cc1-c1cccc(F)c1C1CCC1.FC1CNC2(CCC2)C1.O=CNC1CCC1. The first-order valence-corrected chi connectivity index (χ1v) is 16.1. The van der Waals surface area contributed by atoms with Crippen LogP contribution in [0.3, 0.4) is 0 Å². The first-order valence-electron chi connectivity index (χ1n) is 16.1. The lowest BCUT2D eigenvalue weighted by Crippen LogP contribution is -2.45. The minimum absolute atomic E-state index is 0.0644. The molecule has 1 spiro atoms. The molecule has 1 saturated heterocycles. The highest BCUT2D eigenvalue weighted by Gasteiger charge is 2.43. The average molecular weight is 603 g/mol. The van der Waals surface area contributed by atoms with Crippen molar-refractivity contribution in [2.24, 2.45) is 0 Å². The van der Waals surface area contributed by atoms with Crippen LogP contribution in [-0.2, 0) is 16.0 Å². The van der Waals surface area contributed by atoms with Gasteiger partial charge in [-0.25, -0.2) is 8.78 Å². The Morgan fingerprint density at radius 1 is 1.05 bits per heavy atom. The van der Waals surface area contributed by atoms with Crippen molar-refractivity contribution < 1.29 is 28.2 Å². The summed E-state index contributed by atoms with van der Waals surface area (Å²) in [4.78, 5) is 20.7. The minimum atomic E-state index is -0.889. The number of benzene rings is 2. The van der Waals surface area contributed by atoms with E-state index in [-0.39, 0.29) is 23.7 Å². The quantitative estimate of drug-likeness (QED) is 0.280. The maximum absolute atomic E-state index is 14.4. The fourth-order valence-corrected chi connectivity index (χ4v) is 5.69. The molecule has 2 aromatic carbocycles. The lowest BCUT2D eigenvalue weighted by molar-refractivity contribution is -0.136. The summed E-state index contributed by atoms with van der Waals surface area (Å²) in [6.07, 6.45) is 11.4. The molecule has 0 aromatic heterocycles. The molecule has 6 nitrogen and oxygen atoms in total. The van der Waals surface area contributed by atoms with Crippen molar-refractivity contribution in [3.05, 3.63) is 53.3 Å². The Kier molecular flexibility index (Phi) is 15.7. The van der Waals surface area contributed by atoms with Crippen molar-refractivity contribution in [1.29, 1.82) is 0 Å². The number of aliphatic carboxylic acids is 1. The van der Waals surface area contributed by atoms with Gasteiger partial charge in [0.2, 0.25) is 6.41 Å². The molecule has 3 aliphatic carbocycles. The Hall–Kier alpha value is -3.00. The van der Waals surface area contributed by atoms with E-state index in [2.05, 4.69) is 10.6 Å². The number of amides is 1. The van der Waals surface area contributed by atoms with Gasteiger partial charge in [0, 0.05) is 23.7 Å². The molecule has 0 radical (unpaired) electrons. The number of halogens is 2. The third kappa shape index (κ3) is 10.3. The topological polar surface area (TPSA) is 87.7 Å². The van der Waals surface area contributed by atoms with E-state index < -0.39 is 12.1 Å². The monoisotopic (exact) mass is 602 g/mol. The van der Waals surface area contributed by atoms with Crippen molar-refractivity contribution in [2.75, 3.05) is 13.7 Å². The Labute approximate surface area is 257 Å². The summed E-state index contributed by atoms with van der Waals surface area (Å²) < 4.78 is 32.4. The van der Waals surface area contributed by atoms with E-state index in [0.29, 0.717) is 23.9 Å². The molecule has 1 unspecified atom stereocenters. The second kappa shape index (κ2) is 18.6. The van der Waals surface area contributed by atoms with Crippen LogP contribution in [-0.4, -0.2) is 48.9 Å². The van der Waals surface area contributed by atoms with Crippen LogP contribution in [0.5, 0.6) is 5.75 Å². The Morgan fingerprint density at radius 3 is 2.12 bits per heavy atom. The van der Waals surface area contributed by atoms with E-state index in [1.165, 1.54) is 44.6 Å². The number of nitrogens with one attached hydrogen (secondary N) is 2. The second-order valence-corrected chi connectivity index (χ2v) is 11.2. The number of carboxylic acids is 1. The Morgan fingerprint density at radius 2 is 1.72 bits per heavy atom. The number of methoxy groups -OCH3 is 1. The van der Waals surface area contributed by atoms with Gasteiger partial charge in [-0.05, 0) is 98.6 Å². The molecule has 240 valence electrons. The van der Waals surface area contributed by atoms with E-state index in [1.807, 2.05) is 33.8 Å². The highest BCUT2D eigenvalue weighted by molar-refractivity contribution is 5.77. The van der Waals surface area contributed by atoms with Gasteiger partial charge in [-0.1, -0.05) is 52.3 Å². The van der Waals surface area contributed by atoms with Gasteiger partial charge in [-0.2, -0.15) is 0 Å². The molecule has 3 N–H and O–H groups in total. The summed E-state index contributed by atoms with van der Waals surface area (Å²) in [6.45, 7) is 8.60. The third-order valence-corrected chi connectivity index (χ3v) is 8.51. The molecule has 4 fully saturated rings. The predicted octanol–water partition coefficient (Wildman–Crippen LogP) is 7.97. The smallest absolute Gasteiger partial charge is 0.307 e. The summed E-state index contributed by atoms with van der Waals surface area (Å²) in [6, 6.07) is 10.9. The summed E-state index contributed by atoms with van der Waals surface area (Å²) >= 11 is 0. The molecule has 1 aliphatic heterocycles. The van der Waals surface area contributed by atoms with E-state index in [1.54, 1.807) is 31.4 Å². The average Bonchev–Trinajstić information content (AvgIpc) is 3.36. The van der Waals surface area contributed by atoms with Gasteiger partial charge >= 0.3 is 5.97 Å². The van der Waals surface area contributed by atoms with E-state index in [4.69, 9.17) is 9.84 Å². The van der Waals surface area contributed by atoms with Crippen LogP contribution < -0.4 is 15.4 Å². The zero-order valence-corrected chi connectivity index (χ0v) is 26.7. The van der Waals surface area contributed by atoms with Crippen molar-refractivity contribution in [3.8, 4) is 16.9 Å². The van der Waals surface area contributed by atoms with Crippen LogP contribution >= 0.6 is 0 Å². The molecule has 8 heteroatoms. The van der Waals surface area contributed by atoms with Crippen LogP contribution in [0.1, 0.15) is 109 Å². The Balaban J connectivity index is 0.000000262. The van der Waals surface area contributed by atoms with Crippen molar-refractivity contribution in [2.45, 2.75) is 122 Å². The lowest BCUT2D eigenvalue weighted by Gasteiger charge is -2.38. The summed E-state index contributed by atoms with van der Waals surface area (Å²) in [5, 5.41) is 14.9. The minimum Gasteiger partial charge on any atom is -0.496 e. The maximum atomic E-state index is 14.4. The van der Waals surface area contributed by atoms with E-state index in [9.17, 15) is 18.4 Å². The predicted molar refractivity (Wildman–Crippen MR) is 170 cm³/mol. The largest absolute Gasteiger partial charge is 0.496 e. The van der Waals surface area contributed by atoms with Crippen molar-refractivity contribution in [1.82, 2.24) is 10.6 Å². The fourth-order valence-electron chi connectivity index (χ4n) is 5.69.